The fourth-order valence-corrected chi connectivity index (χ4v) is 2.49. The molecule has 0 aliphatic rings. The molecule has 2 N–H and O–H groups in total. The van der Waals surface area contributed by atoms with Crippen LogP contribution in [0.5, 0.6) is 0 Å². The predicted octanol–water partition coefficient (Wildman–Crippen LogP) is 5.47. The number of rotatable bonds is 5. The molecule has 0 amide bonds. The van der Waals surface area contributed by atoms with E-state index in [9.17, 15) is 13.2 Å². The van der Waals surface area contributed by atoms with Crippen molar-refractivity contribution in [3.05, 3.63) is 77.0 Å². The van der Waals surface area contributed by atoms with Crippen molar-refractivity contribution in [2.75, 3.05) is 10.6 Å². The highest BCUT2D eigenvalue weighted by molar-refractivity contribution is 5.56. The van der Waals surface area contributed by atoms with E-state index in [1.165, 1.54) is 17.7 Å². The van der Waals surface area contributed by atoms with Gasteiger partial charge in [0.15, 0.2) is 0 Å². The molecule has 140 valence electrons. The standard InChI is InChI=1S/C20H19F3N4/c1-13-3-5-15(6-4-13)12-24-18-11-14(2)25-19(27-18)26-17-9-7-16(8-10-17)20(21,22)23/h3-11H,12H2,1-2H3,(H2,24,25,26,27). The fraction of sp³-hybridized carbons (Fsp3) is 0.200. The van der Waals surface area contributed by atoms with Crippen molar-refractivity contribution in [3.63, 3.8) is 0 Å². The van der Waals surface area contributed by atoms with Crippen LogP contribution in [0.15, 0.2) is 54.6 Å². The van der Waals surface area contributed by atoms with Crippen molar-refractivity contribution in [3.8, 4) is 0 Å². The molecule has 0 saturated carbocycles. The van der Waals surface area contributed by atoms with Gasteiger partial charge in [0.1, 0.15) is 5.82 Å². The van der Waals surface area contributed by atoms with Crippen molar-refractivity contribution in [2.24, 2.45) is 0 Å². The SMILES string of the molecule is Cc1ccc(CNc2cc(C)nc(Nc3ccc(C(F)(F)F)cc3)n2)cc1. The maximum atomic E-state index is 12.6. The Morgan fingerprint density at radius 2 is 1.56 bits per heavy atom. The zero-order chi connectivity index (χ0) is 19.4. The second-order valence-corrected chi connectivity index (χ2v) is 6.26. The van der Waals surface area contributed by atoms with E-state index in [1.54, 1.807) is 0 Å². The van der Waals surface area contributed by atoms with Gasteiger partial charge in [-0.15, -0.1) is 0 Å². The molecule has 0 bridgehead atoms. The van der Waals surface area contributed by atoms with Gasteiger partial charge in [-0.3, -0.25) is 0 Å². The van der Waals surface area contributed by atoms with Crippen molar-refractivity contribution in [1.82, 2.24) is 9.97 Å². The van der Waals surface area contributed by atoms with Gasteiger partial charge >= 0.3 is 6.18 Å². The lowest BCUT2D eigenvalue weighted by molar-refractivity contribution is -0.137. The molecule has 0 aliphatic heterocycles. The third kappa shape index (κ3) is 5.20. The molecular formula is C20H19F3N4. The maximum absolute atomic E-state index is 12.6. The number of anilines is 3. The number of nitrogens with one attached hydrogen (secondary N) is 2. The number of hydrogen-bond acceptors (Lipinski definition) is 4. The summed E-state index contributed by atoms with van der Waals surface area (Å²) < 4.78 is 37.9. The summed E-state index contributed by atoms with van der Waals surface area (Å²) in [4.78, 5) is 8.66. The summed E-state index contributed by atoms with van der Waals surface area (Å²) in [7, 11) is 0. The molecular weight excluding hydrogens is 353 g/mol. The number of alkyl halides is 3. The van der Waals surface area contributed by atoms with Gasteiger partial charge < -0.3 is 10.6 Å². The zero-order valence-corrected chi connectivity index (χ0v) is 14.9. The van der Waals surface area contributed by atoms with Gasteiger partial charge in [0, 0.05) is 24.0 Å². The number of nitrogens with zero attached hydrogens (tertiary/aromatic N) is 2. The van der Waals surface area contributed by atoms with Gasteiger partial charge in [0.25, 0.3) is 0 Å². The molecule has 1 heterocycles. The largest absolute Gasteiger partial charge is 0.416 e. The Balaban J connectivity index is 1.70. The molecule has 0 fully saturated rings. The topological polar surface area (TPSA) is 49.8 Å². The molecule has 4 nitrogen and oxygen atoms in total. The van der Waals surface area contributed by atoms with Gasteiger partial charge in [0.05, 0.1) is 5.56 Å². The lowest BCUT2D eigenvalue weighted by Crippen LogP contribution is -2.06. The smallest absolute Gasteiger partial charge is 0.366 e. The summed E-state index contributed by atoms with van der Waals surface area (Å²) in [5, 5.41) is 6.18. The molecule has 2 aromatic carbocycles. The summed E-state index contributed by atoms with van der Waals surface area (Å²) in [6.07, 6.45) is -4.36. The van der Waals surface area contributed by atoms with E-state index in [4.69, 9.17) is 0 Å². The quantitative estimate of drug-likeness (QED) is 0.624. The lowest BCUT2D eigenvalue weighted by Gasteiger charge is -2.11. The molecule has 7 heteroatoms. The monoisotopic (exact) mass is 372 g/mol. The Morgan fingerprint density at radius 1 is 0.889 bits per heavy atom. The Hall–Kier alpha value is -3.09. The van der Waals surface area contributed by atoms with E-state index >= 15 is 0 Å². The minimum absolute atomic E-state index is 0.321. The van der Waals surface area contributed by atoms with Gasteiger partial charge in [0.2, 0.25) is 5.95 Å². The predicted molar refractivity (Wildman–Crippen MR) is 100 cm³/mol. The highest BCUT2D eigenvalue weighted by atomic mass is 19.4. The zero-order valence-electron chi connectivity index (χ0n) is 14.9. The van der Waals surface area contributed by atoms with Crippen LogP contribution in [0, 0.1) is 13.8 Å². The Bertz CT molecular complexity index is 904. The number of aromatic nitrogens is 2. The summed E-state index contributed by atoms with van der Waals surface area (Å²) in [6, 6.07) is 14.7. The van der Waals surface area contributed by atoms with Crippen LogP contribution >= 0.6 is 0 Å². The molecule has 1 aromatic heterocycles. The summed E-state index contributed by atoms with van der Waals surface area (Å²) >= 11 is 0. The maximum Gasteiger partial charge on any atom is 0.416 e. The van der Waals surface area contributed by atoms with Crippen molar-refractivity contribution >= 4 is 17.5 Å². The van der Waals surface area contributed by atoms with Crippen LogP contribution in [0.4, 0.5) is 30.6 Å². The minimum Gasteiger partial charge on any atom is -0.366 e. The highest BCUT2D eigenvalue weighted by Crippen LogP contribution is 2.30. The van der Waals surface area contributed by atoms with Crippen LogP contribution in [0.3, 0.4) is 0 Å². The van der Waals surface area contributed by atoms with E-state index in [0.29, 0.717) is 24.0 Å². The van der Waals surface area contributed by atoms with Crippen LogP contribution in [-0.2, 0) is 12.7 Å². The summed E-state index contributed by atoms with van der Waals surface area (Å²) in [6.45, 7) is 4.47. The van der Waals surface area contributed by atoms with Gasteiger partial charge in [-0.05, 0) is 43.7 Å². The van der Waals surface area contributed by atoms with Crippen molar-refractivity contribution in [1.29, 1.82) is 0 Å². The highest BCUT2D eigenvalue weighted by Gasteiger charge is 2.29. The molecule has 0 aliphatic carbocycles. The second kappa shape index (κ2) is 7.65. The van der Waals surface area contributed by atoms with Gasteiger partial charge in [-0.25, -0.2) is 4.98 Å². The number of aryl methyl sites for hydroxylation is 2. The molecule has 3 aromatic rings. The number of benzene rings is 2. The first-order valence-corrected chi connectivity index (χ1v) is 8.39. The van der Waals surface area contributed by atoms with Crippen LogP contribution in [-0.4, -0.2) is 9.97 Å². The van der Waals surface area contributed by atoms with Crippen LogP contribution in [0.2, 0.25) is 0 Å². The third-order valence-electron chi connectivity index (χ3n) is 3.92. The molecule has 0 unspecified atom stereocenters. The first-order chi connectivity index (χ1) is 12.8. The van der Waals surface area contributed by atoms with E-state index in [2.05, 4.69) is 20.6 Å². The van der Waals surface area contributed by atoms with Crippen LogP contribution < -0.4 is 10.6 Å². The first kappa shape index (κ1) is 18.7. The minimum atomic E-state index is -4.36. The normalized spacial score (nSPS) is 11.3. The average molecular weight is 372 g/mol. The number of halogens is 3. The molecule has 0 spiro atoms. The molecule has 0 saturated heterocycles. The molecule has 0 radical (unpaired) electrons. The summed E-state index contributed by atoms with van der Waals surface area (Å²) in [5.41, 5.74) is 2.84. The second-order valence-electron chi connectivity index (χ2n) is 6.26. The van der Waals surface area contributed by atoms with Crippen LogP contribution in [0.25, 0.3) is 0 Å². The van der Waals surface area contributed by atoms with E-state index < -0.39 is 11.7 Å². The van der Waals surface area contributed by atoms with Crippen molar-refractivity contribution < 1.29 is 13.2 Å². The lowest BCUT2D eigenvalue weighted by atomic mass is 10.1. The average Bonchev–Trinajstić information content (AvgIpc) is 2.60. The van der Waals surface area contributed by atoms with Gasteiger partial charge in [-0.1, -0.05) is 29.8 Å². The Labute approximate surface area is 155 Å². The van der Waals surface area contributed by atoms with E-state index in [0.717, 1.165) is 23.4 Å². The molecule has 0 atom stereocenters. The third-order valence-corrected chi connectivity index (χ3v) is 3.92. The van der Waals surface area contributed by atoms with Gasteiger partial charge in [-0.2, -0.15) is 18.2 Å². The van der Waals surface area contributed by atoms with Crippen molar-refractivity contribution in [2.45, 2.75) is 26.6 Å². The Kier molecular flexibility index (Phi) is 5.30. The van der Waals surface area contributed by atoms with Crippen LogP contribution in [0.1, 0.15) is 22.4 Å². The summed E-state index contributed by atoms with van der Waals surface area (Å²) in [5.74, 6) is 0.957. The Morgan fingerprint density at radius 3 is 2.19 bits per heavy atom. The van der Waals surface area contributed by atoms with E-state index in [-0.39, 0.29) is 0 Å². The fourth-order valence-electron chi connectivity index (χ4n) is 2.49. The molecule has 27 heavy (non-hydrogen) atoms. The molecule has 3 rings (SSSR count). The number of hydrogen-bond donors (Lipinski definition) is 2. The van der Waals surface area contributed by atoms with E-state index in [1.807, 2.05) is 44.2 Å². The first-order valence-electron chi connectivity index (χ1n) is 8.39.